The van der Waals surface area contributed by atoms with E-state index in [4.69, 9.17) is 0 Å². The maximum absolute atomic E-state index is 9.99. The summed E-state index contributed by atoms with van der Waals surface area (Å²) in [5, 5.41) is 20.0. The average Bonchev–Trinajstić information content (AvgIpc) is 2.92. The summed E-state index contributed by atoms with van der Waals surface area (Å²) in [5.41, 5.74) is 9.50. The van der Waals surface area contributed by atoms with Gasteiger partial charge in [-0.05, 0) is 112 Å². The molecular weight excluding hydrogens is 622 g/mol. The van der Waals surface area contributed by atoms with Crippen LogP contribution in [0.1, 0.15) is 134 Å². The number of rotatable bonds is 8. The Morgan fingerprint density at radius 3 is 1.25 bits per heavy atom. The lowest BCUT2D eigenvalue weighted by Crippen LogP contribution is -2.28. The Balaban J connectivity index is 0.000000260. The molecule has 0 aromatic carbocycles. The van der Waals surface area contributed by atoms with E-state index in [1.54, 1.807) is 0 Å². The lowest BCUT2D eigenvalue weighted by atomic mass is 9.69. The van der Waals surface area contributed by atoms with Crippen LogP contribution in [0, 0.1) is 33.5 Å². The molecule has 4 heteroatoms. The van der Waals surface area contributed by atoms with Crippen LogP contribution in [0.15, 0.2) is 93.2 Å². The Morgan fingerprint density at radius 2 is 0.938 bits per heavy atom. The third-order valence-corrected chi connectivity index (χ3v) is 13.1. The molecule has 0 heterocycles. The van der Waals surface area contributed by atoms with Crippen molar-refractivity contribution in [3.8, 4) is 0 Å². The molecule has 0 saturated heterocycles. The maximum Gasteiger partial charge on any atom is 0.0585 e. The van der Waals surface area contributed by atoms with Crippen LogP contribution in [0.3, 0.4) is 0 Å². The van der Waals surface area contributed by atoms with Crippen molar-refractivity contribution < 1.29 is 10.2 Å². The summed E-state index contributed by atoms with van der Waals surface area (Å²) in [6.07, 6.45) is 22.3. The van der Waals surface area contributed by atoms with Gasteiger partial charge in [0.2, 0.25) is 0 Å². The number of allylic oxidation sites excluding steroid dienone is 10. The first kappa shape index (κ1) is 41.1. The Hall–Kier alpha value is -1.30. The fourth-order valence-corrected chi connectivity index (χ4v) is 10.4. The first-order valence-electron chi connectivity index (χ1n) is 18.6. The molecule has 48 heavy (non-hydrogen) atoms. The molecule has 2 N–H and O–H groups in total. The summed E-state index contributed by atoms with van der Waals surface area (Å²) >= 11 is 0. The van der Waals surface area contributed by atoms with Crippen molar-refractivity contribution in [2.45, 2.75) is 147 Å². The van der Waals surface area contributed by atoms with Crippen molar-refractivity contribution in [2.24, 2.45) is 33.5 Å². The Labute approximate surface area is 299 Å². The number of hydrogen-bond acceptors (Lipinski definition) is 2. The SMILES string of the molecule is CC1=CCCC(C)(C)[C@H]1/C=C/P/C=C/C1=C(C)C[C@@H](O)CC1(C)C.CC1=CCCC(C)(C)[C@H]1/C=C/P/C=C/C1=C(C)C[C@@H](O)CC1(C)C. The molecular formula is C44H70O2P2. The molecule has 0 aromatic heterocycles. The summed E-state index contributed by atoms with van der Waals surface area (Å²) in [4.78, 5) is 0. The van der Waals surface area contributed by atoms with Crippen LogP contribution in [-0.4, -0.2) is 22.4 Å². The van der Waals surface area contributed by atoms with Crippen molar-refractivity contribution in [1.82, 2.24) is 0 Å². The summed E-state index contributed by atoms with van der Waals surface area (Å²) in [5.74, 6) is 10.5. The molecule has 0 aromatic rings. The number of aliphatic hydroxyl groups excluding tert-OH is 2. The normalized spacial score (nSPS) is 30.7. The Kier molecular flexibility index (Phi) is 14.8. The molecule has 0 saturated carbocycles. The van der Waals surface area contributed by atoms with E-state index in [9.17, 15) is 10.2 Å². The molecule has 4 aliphatic carbocycles. The topological polar surface area (TPSA) is 40.5 Å². The summed E-state index contributed by atoms with van der Waals surface area (Å²) in [7, 11) is 1.44. The molecule has 4 rings (SSSR count). The second-order valence-electron chi connectivity index (χ2n) is 17.9. The minimum atomic E-state index is -0.178. The largest absolute Gasteiger partial charge is 0.393 e. The van der Waals surface area contributed by atoms with Gasteiger partial charge in [-0.2, -0.15) is 0 Å². The van der Waals surface area contributed by atoms with E-state index < -0.39 is 0 Å². The van der Waals surface area contributed by atoms with Gasteiger partial charge in [0.05, 0.1) is 12.2 Å². The molecule has 0 bridgehead atoms. The zero-order valence-electron chi connectivity index (χ0n) is 32.6. The highest BCUT2D eigenvalue weighted by Gasteiger charge is 2.33. The van der Waals surface area contributed by atoms with E-state index in [0.29, 0.717) is 22.7 Å². The molecule has 0 amide bonds. The molecule has 4 aliphatic rings. The van der Waals surface area contributed by atoms with Gasteiger partial charge < -0.3 is 10.2 Å². The smallest absolute Gasteiger partial charge is 0.0585 e. The summed E-state index contributed by atoms with van der Waals surface area (Å²) in [6, 6.07) is 0. The molecule has 2 unspecified atom stereocenters. The van der Waals surface area contributed by atoms with Crippen molar-refractivity contribution in [3.63, 3.8) is 0 Å². The maximum atomic E-state index is 9.99. The van der Waals surface area contributed by atoms with E-state index in [1.165, 1.54) is 59.1 Å². The third kappa shape index (κ3) is 11.4. The fourth-order valence-electron chi connectivity index (χ4n) is 9.00. The highest BCUT2D eigenvalue weighted by Crippen LogP contribution is 2.45. The van der Waals surface area contributed by atoms with Crippen LogP contribution >= 0.6 is 17.2 Å². The van der Waals surface area contributed by atoms with Gasteiger partial charge in [0.15, 0.2) is 0 Å². The van der Waals surface area contributed by atoms with Crippen molar-refractivity contribution in [2.75, 3.05) is 0 Å². The quantitative estimate of drug-likeness (QED) is 0.196. The second kappa shape index (κ2) is 17.3. The van der Waals surface area contributed by atoms with E-state index in [0.717, 1.165) is 42.8 Å². The fraction of sp³-hybridized carbons (Fsp3) is 0.636. The number of aliphatic hydroxyl groups is 2. The Bertz CT molecular complexity index is 1250. The van der Waals surface area contributed by atoms with Crippen LogP contribution in [0.2, 0.25) is 0 Å². The molecule has 2 nitrogen and oxygen atoms in total. The second-order valence-corrected chi connectivity index (χ2v) is 19.9. The average molecular weight is 693 g/mol. The Morgan fingerprint density at radius 1 is 0.583 bits per heavy atom. The van der Waals surface area contributed by atoms with Crippen LogP contribution < -0.4 is 0 Å². The third-order valence-electron chi connectivity index (χ3n) is 11.6. The lowest BCUT2D eigenvalue weighted by molar-refractivity contribution is 0.116. The molecule has 0 spiro atoms. The van der Waals surface area contributed by atoms with Gasteiger partial charge >= 0.3 is 0 Å². The van der Waals surface area contributed by atoms with Gasteiger partial charge in [0.1, 0.15) is 0 Å². The van der Waals surface area contributed by atoms with Crippen molar-refractivity contribution in [1.29, 1.82) is 0 Å². The number of hydrogen-bond donors (Lipinski definition) is 2. The van der Waals surface area contributed by atoms with Gasteiger partial charge in [0.25, 0.3) is 0 Å². The minimum Gasteiger partial charge on any atom is -0.393 e. The van der Waals surface area contributed by atoms with Crippen LogP contribution in [0.25, 0.3) is 0 Å². The van der Waals surface area contributed by atoms with Crippen LogP contribution in [-0.2, 0) is 0 Å². The van der Waals surface area contributed by atoms with Gasteiger partial charge in [-0.1, -0.05) is 155 Å². The van der Waals surface area contributed by atoms with Crippen LogP contribution in [0.4, 0.5) is 0 Å². The zero-order chi connectivity index (χ0) is 35.9. The molecule has 0 aliphatic heterocycles. The van der Waals surface area contributed by atoms with E-state index >= 15 is 0 Å². The van der Waals surface area contributed by atoms with E-state index in [2.05, 4.69) is 143 Å². The van der Waals surface area contributed by atoms with Gasteiger partial charge in [-0.25, -0.2) is 0 Å². The van der Waals surface area contributed by atoms with E-state index in [1.807, 2.05) is 0 Å². The molecule has 6 atom stereocenters. The van der Waals surface area contributed by atoms with Crippen LogP contribution in [0.5, 0.6) is 0 Å². The molecule has 0 radical (unpaired) electrons. The van der Waals surface area contributed by atoms with E-state index in [-0.39, 0.29) is 23.0 Å². The van der Waals surface area contributed by atoms with Crippen molar-refractivity contribution in [3.05, 3.63) is 93.2 Å². The standard InChI is InChI=1S/2C22H35OP/c2*1-16-8-7-11-21(3,4)19(16)9-12-24-13-10-20-17(2)14-18(23)15-22(20,5)6/h2*8-10,12-13,18-19,23-24H,7,11,14-15H2,1-6H3/b2*12-9+,13-10+/t2*18-,19+/m11/s1. The van der Waals surface area contributed by atoms with Gasteiger partial charge in [0, 0.05) is 11.8 Å². The predicted octanol–water partition coefficient (Wildman–Crippen LogP) is 13.1. The van der Waals surface area contributed by atoms with Gasteiger partial charge in [-0.15, -0.1) is 0 Å². The first-order chi connectivity index (χ1) is 22.3. The zero-order valence-corrected chi connectivity index (χ0v) is 34.6. The van der Waals surface area contributed by atoms with Gasteiger partial charge in [-0.3, -0.25) is 0 Å². The predicted molar refractivity (Wildman–Crippen MR) is 217 cm³/mol. The first-order valence-corrected chi connectivity index (χ1v) is 20.9. The lowest BCUT2D eigenvalue weighted by Gasteiger charge is -2.36. The molecule has 0 fully saturated rings. The van der Waals surface area contributed by atoms with Crippen molar-refractivity contribution >= 4 is 17.2 Å². The summed E-state index contributed by atoms with van der Waals surface area (Å²) in [6.45, 7) is 27.4. The highest BCUT2D eigenvalue weighted by atomic mass is 31.1. The minimum absolute atomic E-state index is 0.0805. The monoisotopic (exact) mass is 692 g/mol. The highest BCUT2D eigenvalue weighted by molar-refractivity contribution is 7.45. The molecule has 268 valence electrons. The summed E-state index contributed by atoms with van der Waals surface area (Å²) < 4.78 is 0.